The lowest BCUT2D eigenvalue weighted by atomic mass is 10.2. The van der Waals surface area contributed by atoms with Crippen LogP contribution in [-0.4, -0.2) is 41.9 Å². The molecule has 0 aliphatic carbocycles. The number of carbonyl (C=O) groups is 1. The molecule has 0 spiro atoms. The summed E-state index contributed by atoms with van der Waals surface area (Å²) in [6, 6.07) is 18.5. The largest absolute Gasteiger partial charge is 0.486 e. The summed E-state index contributed by atoms with van der Waals surface area (Å²) in [4.78, 5) is 16.9. The van der Waals surface area contributed by atoms with E-state index in [2.05, 4.69) is 4.90 Å². The van der Waals surface area contributed by atoms with Gasteiger partial charge in [-0.1, -0.05) is 41.4 Å². The quantitative estimate of drug-likeness (QED) is 0.528. The molecule has 0 atom stereocenters. The molecule has 30 heavy (non-hydrogen) atoms. The van der Waals surface area contributed by atoms with Crippen LogP contribution in [0.4, 0.5) is 0 Å². The van der Waals surface area contributed by atoms with E-state index in [-0.39, 0.29) is 12.5 Å². The van der Waals surface area contributed by atoms with Gasteiger partial charge in [0.05, 0.1) is 0 Å². The Morgan fingerprint density at radius 3 is 2.40 bits per heavy atom. The highest BCUT2D eigenvalue weighted by Gasteiger charge is 2.24. The molecule has 0 bridgehead atoms. The molecule has 2 aromatic carbocycles. The molecule has 1 aliphatic heterocycles. The van der Waals surface area contributed by atoms with Crippen LogP contribution < -0.4 is 4.74 Å². The molecule has 1 saturated heterocycles. The predicted octanol–water partition coefficient (Wildman–Crippen LogP) is 5.12. The zero-order chi connectivity index (χ0) is 20.9. The summed E-state index contributed by atoms with van der Waals surface area (Å²) < 4.78 is 11.4. The maximum Gasteiger partial charge on any atom is 0.289 e. The highest BCUT2D eigenvalue weighted by Crippen LogP contribution is 2.20. The van der Waals surface area contributed by atoms with Gasteiger partial charge in [0.25, 0.3) is 5.91 Å². The second-order valence-electron chi connectivity index (χ2n) is 7.17. The summed E-state index contributed by atoms with van der Waals surface area (Å²) in [7, 11) is 0. The Morgan fingerprint density at radius 1 is 0.933 bits per heavy atom. The Bertz CT molecular complexity index is 996. The standard InChI is InChI=1S/C23H22Cl2N2O3/c24-18-5-7-19(8-6-18)29-16-20-9-10-22(30-20)23(28)27-13-11-26(12-14-27)15-17-3-1-2-4-21(17)25/h1-10H,11-16H2. The smallest absolute Gasteiger partial charge is 0.289 e. The molecule has 0 unspecified atom stereocenters. The number of amides is 1. The molecule has 156 valence electrons. The Morgan fingerprint density at radius 2 is 1.67 bits per heavy atom. The van der Waals surface area contributed by atoms with E-state index >= 15 is 0 Å². The minimum atomic E-state index is -0.0925. The molecule has 5 nitrogen and oxygen atoms in total. The summed E-state index contributed by atoms with van der Waals surface area (Å²) in [6.07, 6.45) is 0. The molecule has 4 rings (SSSR count). The van der Waals surface area contributed by atoms with Crippen molar-refractivity contribution in [1.29, 1.82) is 0 Å². The second kappa shape index (κ2) is 9.56. The molecule has 3 aromatic rings. The predicted molar refractivity (Wildman–Crippen MR) is 117 cm³/mol. The average Bonchev–Trinajstić information content (AvgIpc) is 3.24. The van der Waals surface area contributed by atoms with Crippen molar-refractivity contribution in [1.82, 2.24) is 9.80 Å². The topological polar surface area (TPSA) is 45.9 Å². The van der Waals surface area contributed by atoms with Crippen LogP contribution in [0.2, 0.25) is 10.0 Å². The van der Waals surface area contributed by atoms with Gasteiger partial charge < -0.3 is 14.1 Å². The van der Waals surface area contributed by atoms with Gasteiger partial charge in [-0.05, 0) is 48.0 Å². The van der Waals surface area contributed by atoms with E-state index in [1.54, 1.807) is 36.4 Å². The van der Waals surface area contributed by atoms with Crippen molar-refractivity contribution in [3.63, 3.8) is 0 Å². The molecular formula is C23H22Cl2N2O3. The fraction of sp³-hybridized carbons (Fsp3) is 0.261. The number of halogens is 2. The molecular weight excluding hydrogens is 423 g/mol. The number of hydrogen-bond donors (Lipinski definition) is 0. The normalized spacial score (nSPS) is 14.7. The molecule has 1 fully saturated rings. The summed E-state index contributed by atoms with van der Waals surface area (Å²) in [5.41, 5.74) is 1.11. The third kappa shape index (κ3) is 5.17. The van der Waals surface area contributed by atoms with Crippen LogP contribution in [0.25, 0.3) is 0 Å². The monoisotopic (exact) mass is 444 g/mol. The first-order valence-electron chi connectivity index (χ1n) is 9.80. The van der Waals surface area contributed by atoms with Gasteiger partial charge in [-0.3, -0.25) is 9.69 Å². The molecule has 0 N–H and O–H groups in total. The third-order valence-electron chi connectivity index (χ3n) is 5.08. The van der Waals surface area contributed by atoms with Crippen LogP contribution >= 0.6 is 23.2 Å². The van der Waals surface area contributed by atoms with Crippen LogP contribution in [0.15, 0.2) is 65.1 Å². The van der Waals surface area contributed by atoms with Gasteiger partial charge in [-0.15, -0.1) is 0 Å². The zero-order valence-corrected chi connectivity index (χ0v) is 17.9. The maximum absolute atomic E-state index is 12.8. The van der Waals surface area contributed by atoms with E-state index in [0.29, 0.717) is 35.4 Å². The Hall–Kier alpha value is -2.47. The van der Waals surface area contributed by atoms with Crippen LogP contribution in [0.1, 0.15) is 21.9 Å². The Labute approximate surface area is 185 Å². The van der Waals surface area contributed by atoms with E-state index in [1.807, 2.05) is 29.2 Å². The van der Waals surface area contributed by atoms with Crippen molar-refractivity contribution in [3.8, 4) is 5.75 Å². The van der Waals surface area contributed by atoms with E-state index in [0.717, 1.165) is 30.2 Å². The maximum atomic E-state index is 12.8. The van der Waals surface area contributed by atoms with Gasteiger partial charge in [0.2, 0.25) is 0 Å². The van der Waals surface area contributed by atoms with Gasteiger partial charge in [0.15, 0.2) is 5.76 Å². The van der Waals surface area contributed by atoms with E-state index < -0.39 is 0 Å². The van der Waals surface area contributed by atoms with Crippen LogP contribution in [-0.2, 0) is 13.2 Å². The van der Waals surface area contributed by atoms with Crippen molar-refractivity contribution >= 4 is 29.1 Å². The van der Waals surface area contributed by atoms with E-state index in [1.165, 1.54) is 0 Å². The second-order valence-corrected chi connectivity index (χ2v) is 8.01. The van der Waals surface area contributed by atoms with Crippen molar-refractivity contribution in [2.45, 2.75) is 13.2 Å². The number of carbonyl (C=O) groups excluding carboxylic acids is 1. The van der Waals surface area contributed by atoms with Crippen LogP contribution in [0.3, 0.4) is 0 Å². The third-order valence-corrected chi connectivity index (χ3v) is 5.70. The number of ether oxygens (including phenoxy) is 1. The summed E-state index contributed by atoms with van der Waals surface area (Å²) in [5.74, 6) is 1.54. The van der Waals surface area contributed by atoms with Gasteiger partial charge in [0, 0.05) is 42.8 Å². The minimum Gasteiger partial charge on any atom is -0.486 e. The van der Waals surface area contributed by atoms with Gasteiger partial charge in [0.1, 0.15) is 18.1 Å². The first kappa shape index (κ1) is 20.8. The lowest BCUT2D eigenvalue weighted by Gasteiger charge is -2.34. The Kier molecular flexibility index (Phi) is 6.62. The SMILES string of the molecule is O=C(c1ccc(COc2ccc(Cl)cc2)o1)N1CCN(Cc2ccccc2Cl)CC1. The van der Waals surface area contributed by atoms with Gasteiger partial charge >= 0.3 is 0 Å². The number of furan rings is 1. The van der Waals surface area contributed by atoms with E-state index in [9.17, 15) is 4.79 Å². The van der Waals surface area contributed by atoms with Crippen molar-refractivity contribution in [2.24, 2.45) is 0 Å². The molecule has 2 heterocycles. The molecule has 1 aromatic heterocycles. The molecule has 1 amide bonds. The highest BCUT2D eigenvalue weighted by molar-refractivity contribution is 6.31. The zero-order valence-electron chi connectivity index (χ0n) is 16.4. The van der Waals surface area contributed by atoms with Crippen molar-refractivity contribution in [3.05, 3.63) is 87.8 Å². The van der Waals surface area contributed by atoms with Gasteiger partial charge in [-0.25, -0.2) is 0 Å². The molecule has 7 heteroatoms. The van der Waals surface area contributed by atoms with Crippen molar-refractivity contribution < 1.29 is 13.9 Å². The number of piperazine rings is 1. The molecule has 0 saturated carbocycles. The lowest BCUT2D eigenvalue weighted by Crippen LogP contribution is -2.48. The first-order valence-corrected chi connectivity index (χ1v) is 10.6. The van der Waals surface area contributed by atoms with Crippen LogP contribution in [0.5, 0.6) is 5.75 Å². The summed E-state index contributed by atoms with van der Waals surface area (Å²) in [6.45, 7) is 3.94. The fourth-order valence-electron chi connectivity index (χ4n) is 3.39. The minimum absolute atomic E-state index is 0.0925. The fourth-order valence-corrected chi connectivity index (χ4v) is 3.71. The summed E-state index contributed by atoms with van der Waals surface area (Å²) >= 11 is 12.1. The molecule has 0 radical (unpaired) electrons. The lowest BCUT2D eigenvalue weighted by molar-refractivity contribution is 0.0594. The Balaban J connectivity index is 1.28. The first-order chi connectivity index (χ1) is 14.6. The number of benzene rings is 2. The number of hydrogen-bond acceptors (Lipinski definition) is 4. The number of nitrogens with zero attached hydrogens (tertiary/aromatic N) is 2. The van der Waals surface area contributed by atoms with Gasteiger partial charge in [-0.2, -0.15) is 0 Å². The number of rotatable bonds is 6. The summed E-state index contributed by atoms with van der Waals surface area (Å²) in [5, 5.41) is 1.43. The van der Waals surface area contributed by atoms with Crippen LogP contribution in [0, 0.1) is 0 Å². The molecule has 1 aliphatic rings. The van der Waals surface area contributed by atoms with E-state index in [4.69, 9.17) is 32.4 Å². The van der Waals surface area contributed by atoms with Crippen molar-refractivity contribution in [2.75, 3.05) is 26.2 Å². The average molecular weight is 445 g/mol. The highest BCUT2D eigenvalue weighted by atomic mass is 35.5.